The van der Waals surface area contributed by atoms with Gasteiger partial charge >= 0.3 is 0 Å². The van der Waals surface area contributed by atoms with Crippen molar-refractivity contribution in [2.24, 2.45) is 5.41 Å². The number of ether oxygens (including phenoxy) is 1. The zero-order chi connectivity index (χ0) is 15.3. The Balaban J connectivity index is 2.64. The van der Waals surface area contributed by atoms with Gasteiger partial charge in [-0.1, -0.05) is 26.8 Å². The average Bonchev–Trinajstić information content (AvgIpc) is 2.35. The summed E-state index contributed by atoms with van der Waals surface area (Å²) >= 11 is 0. The molecule has 0 saturated carbocycles. The van der Waals surface area contributed by atoms with Crippen molar-refractivity contribution in [3.05, 3.63) is 12.7 Å². The highest BCUT2D eigenvalue weighted by atomic mass is 16.5. The van der Waals surface area contributed by atoms with Crippen molar-refractivity contribution in [3.63, 3.8) is 0 Å². The molecule has 0 aromatic carbocycles. The minimum Gasteiger partial charge on any atom is -0.379 e. The molecule has 5 nitrogen and oxygen atoms in total. The first-order valence-electron chi connectivity index (χ1n) is 7.08. The Bertz CT molecular complexity index is 374. The molecular weight excluding hydrogens is 256 g/mol. The van der Waals surface area contributed by atoms with Gasteiger partial charge in [-0.2, -0.15) is 0 Å². The quantitative estimate of drug-likeness (QED) is 0.591. The Kier molecular flexibility index (Phi) is 5.74. The van der Waals surface area contributed by atoms with Crippen LogP contribution in [0.25, 0.3) is 0 Å². The molecule has 1 rings (SSSR count). The molecule has 0 aliphatic carbocycles. The molecule has 2 atom stereocenters. The number of hydrogen-bond acceptors (Lipinski definition) is 3. The molecule has 1 fully saturated rings. The smallest absolute Gasteiger partial charge is 0.246 e. The molecule has 1 aliphatic rings. The molecule has 1 heterocycles. The van der Waals surface area contributed by atoms with Gasteiger partial charge < -0.3 is 15.0 Å². The molecule has 5 heteroatoms. The van der Waals surface area contributed by atoms with Crippen molar-refractivity contribution in [2.45, 2.75) is 46.2 Å². The molecule has 20 heavy (non-hydrogen) atoms. The number of nitrogens with zero attached hydrogens (tertiary/aromatic N) is 1. The van der Waals surface area contributed by atoms with Gasteiger partial charge in [0.15, 0.2) is 0 Å². The largest absolute Gasteiger partial charge is 0.379 e. The summed E-state index contributed by atoms with van der Waals surface area (Å²) in [6.45, 7) is 12.7. The Labute approximate surface area is 121 Å². The van der Waals surface area contributed by atoms with Crippen LogP contribution in [-0.2, 0) is 14.3 Å². The van der Waals surface area contributed by atoms with Crippen molar-refractivity contribution in [3.8, 4) is 0 Å². The van der Waals surface area contributed by atoms with Crippen LogP contribution in [0.3, 0.4) is 0 Å². The topological polar surface area (TPSA) is 58.6 Å². The molecule has 1 N–H and O–H groups in total. The van der Waals surface area contributed by atoms with Gasteiger partial charge in [0.2, 0.25) is 11.8 Å². The van der Waals surface area contributed by atoms with Crippen LogP contribution in [-0.4, -0.2) is 48.6 Å². The van der Waals surface area contributed by atoms with Crippen LogP contribution in [0.15, 0.2) is 12.7 Å². The number of amides is 2. The summed E-state index contributed by atoms with van der Waals surface area (Å²) in [4.78, 5) is 26.1. The van der Waals surface area contributed by atoms with Gasteiger partial charge in [-0.25, -0.2) is 0 Å². The molecule has 114 valence electrons. The monoisotopic (exact) mass is 282 g/mol. The van der Waals surface area contributed by atoms with E-state index in [1.807, 2.05) is 20.8 Å². The van der Waals surface area contributed by atoms with E-state index < -0.39 is 12.1 Å². The molecule has 2 unspecified atom stereocenters. The zero-order valence-electron chi connectivity index (χ0n) is 12.9. The standard InChI is InChI=1S/C15H26N2O3/c1-6-7-9-20-10-8-17-11(2)13(18)16-12(14(17)19)15(3,4)5/h6,11-12H,1,7-10H2,2-5H3,(H,16,18). The molecule has 0 radical (unpaired) electrons. The Morgan fingerprint density at radius 3 is 2.55 bits per heavy atom. The maximum Gasteiger partial charge on any atom is 0.246 e. The summed E-state index contributed by atoms with van der Waals surface area (Å²) in [6.07, 6.45) is 2.58. The van der Waals surface area contributed by atoms with Gasteiger partial charge in [0.25, 0.3) is 0 Å². The summed E-state index contributed by atoms with van der Waals surface area (Å²) < 4.78 is 5.43. The Morgan fingerprint density at radius 1 is 1.35 bits per heavy atom. The highest BCUT2D eigenvalue weighted by molar-refractivity contribution is 5.97. The summed E-state index contributed by atoms with van der Waals surface area (Å²) in [5, 5.41) is 2.81. The highest BCUT2D eigenvalue weighted by Gasteiger charge is 2.43. The lowest BCUT2D eigenvalue weighted by Crippen LogP contribution is -2.66. The molecular formula is C15H26N2O3. The van der Waals surface area contributed by atoms with Gasteiger partial charge in [-0.05, 0) is 18.8 Å². The second-order valence-corrected chi connectivity index (χ2v) is 6.20. The lowest BCUT2D eigenvalue weighted by Gasteiger charge is -2.42. The van der Waals surface area contributed by atoms with Gasteiger partial charge in [-0.15, -0.1) is 6.58 Å². The van der Waals surface area contributed by atoms with E-state index in [1.54, 1.807) is 17.9 Å². The van der Waals surface area contributed by atoms with E-state index in [-0.39, 0.29) is 17.2 Å². The van der Waals surface area contributed by atoms with E-state index in [1.165, 1.54) is 0 Å². The number of hydrogen-bond donors (Lipinski definition) is 1. The SMILES string of the molecule is C=CCCOCCN1C(=O)C(C(C)(C)C)NC(=O)C1C. The Hall–Kier alpha value is -1.36. The molecule has 2 amide bonds. The fraction of sp³-hybridized carbons (Fsp3) is 0.733. The molecule has 1 saturated heterocycles. The van der Waals surface area contributed by atoms with Crippen molar-refractivity contribution in [1.29, 1.82) is 0 Å². The molecule has 0 aromatic rings. The first-order valence-corrected chi connectivity index (χ1v) is 7.08. The average molecular weight is 282 g/mol. The van der Waals surface area contributed by atoms with Crippen molar-refractivity contribution in [1.82, 2.24) is 10.2 Å². The summed E-state index contributed by atoms with van der Waals surface area (Å²) in [6, 6.07) is -0.913. The van der Waals surface area contributed by atoms with E-state index in [4.69, 9.17) is 4.74 Å². The van der Waals surface area contributed by atoms with Gasteiger partial charge in [-0.3, -0.25) is 9.59 Å². The number of rotatable bonds is 6. The van der Waals surface area contributed by atoms with Crippen LogP contribution < -0.4 is 5.32 Å². The number of carbonyl (C=O) groups is 2. The van der Waals surface area contributed by atoms with Crippen LogP contribution >= 0.6 is 0 Å². The maximum absolute atomic E-state index is 12.5. The molecule has 0 spiro atoms. The summed E-state index contributed by atoms with van der Waals surface area (Å²) in [5.41, 5.74) is -0.297. The number of nitrogens with one attached hydrogen (secondary N) is 1. The first-order chi connectivity index (χ1) is 9.29. The van der Waals surface area contributed by atoms with E-state index in [2.05, 4.69) is 11.9 Å². The minimum absolute atomic E-state index is 0.0306. The lowest BCUT2D eigenvalue weighted by molar-refractivity contribution is -0.152. The predicted molar refractivity (Wildman–Crippen MR) is 78.2 cm³/mol. The van der Waals surface area contributed by atoms with E-state index in [9.17, 15) is 9.59 Å². The van der Waals surface area contributed by atoms with Gasteiger partial charge in [0.1, 0.15) is 12.1 Å². The Morgan fingerprint density at radius 2 is 2.00 bits per heavy atom. The predicted octanol–water partition coefficient (Wildman–Crippen LogP) is 1.34. The lowest BCUT2D eigenvalue weighted by atomic mass is 9.84. The van der Waals surface area contributed by atoms with Crippen molar-refractivity contribution in [2.75, 3.05) is 19.8 Å². The third-order valence-corrected chi connectivity index (χ3v) is 3.47. The zero-order valence-corrected chi connectivity index (χ0v) is 12.9. The third kappa shape index (κ3) is 4.07. The van der Waals surface area contributed by atoms with E-state index >= 15 is 0 Å². The van der Waals surface area contributed by atoms with Crippen LogP contribution in [0, 0.1) is 5.41 Å². The van der Waals surface area contributed by atoms with Gasteiger partial charge in [0.05, 0.1) is 13.2 Å². The summed E-state index contributed by atoms with van der Waals surface area (Å²) in [5.74, 6) is -0.132. The van der Waals surface area contributed by atoms with Gasteiger partial charge in [0, 0.05) is 6.54 Å². The van der Waals surface area contributed by atoms with Crippen LogP contribution in [0.5, 0.6) is 0 Å². The molecule has 0 aromatic heterocycles. The van der Waals surface area contributed by atoms with Crippen molar-refractivity contribution >= 4 is 11.8 Å². The highest BCUT2D eigenvalue weighted by Crippen LogP contribution is 2.24. The van der Waals surface area contributed by atoms with Crippen LogP contribution in [0.2, 0.25) is 0 Å². The van der Waals surface area contributed by atoms with E-state index in [0.29, 0.717) is 19.8 Å². The van der Waals surface area contributed by atoms with E-state index in [0.717, 1.165) is 6.42 Å². The normalized spacial score (nSPS) is 23.7. The van der Waals surface area contributed by atoms with Crippen molar-refractivity contribution < 1.29 is 14.3 Å². The first kappa shape index (κ1) is 16.7. The second kappa shape index (κ2) is 6.88. The fourth-order valence-corrected chi connectivity index (χ4v) is 2.15. The summed E-state index contributed by atoms with van der Waals surface area (Å²) in [7, 11) is 0. The number of piperazine rings is 1. The minimum atomic E-state index is -0.473. The third-order valence-electron chi connectivity index (χ3n) is 3.47. The number of carbonyl (C=O) groups excluding carboxylic acids is 2. The van der Waals surface area contributed by atoms with Crippen LogP contribution in [0.4, 0.5) is 0 Å². The second-order valence-electron chi connectivity index (χ2n) is 6.20. The van der Waals surface area contributed by atoms with Crippen LogP contribution in [0.1, 0.15) is 34.1 Å². The maximum atomic E-state index is 12.5. The fourth-order valence-electron chi connectivity index (χ4n) is 2.15. The molecule has 0 bridgehead atoms. The molecule has 1 aliphatic heterocycles.